The molecule has 1 amide bonds. The number of aliphatic hydroxyl groups is 1. The first-order valence-electron chi connectivity index (χ1n) is 9.31. The summed E-state index contributed by atoms with van der Waals surface area (Å²) < 4.78 is 40.4. The number of carbonyl (C=O) groups is 1. The van der Waals surface area contributed by atoms with Crippen LogP contribution in [0.1, 0.15) is 11.6 Å². The maximum absolute atomic E-state index is 13.5. The van der Waals surface area contributed by atoms with Gasteiger partial charge in [0, 0.05) is 10.6 Å². The summed E-state index contributed by atoms with van der Waals surface area (Å²) >= 11 is 1.52. The zero-order valence-corrected chi connectivity index (χ0v) is 18.0. The van der Waals surface area contributed by atoms with Crippen molar-refractivity contribution < 1.29 is 22.7 Å². The minimum absolute atomic E-state index is 0.0314. The lowest BCUT2D eigenvalue weighted by molar-refractivity contribution is -0.117. The minimum Gasteiger partial charge on any atom is -0.502 e. The van der Waals surface area contributed by atoms with Crippen molar-refractivity contribution in [3.05, 3.63) is 101 Å². The third-order valence-corrected chi connectivity index (χ3v) is 7.67. The third-order valence-electron chi connectivity index (χ3n) is 5.04. The number of thioether (sulfide) groups is 1. The van der Waals surface area contributed by atoms with Gasteiger partial charge in [-0.25, -0.2) is 12.8 Å². The quantitative estimate of drug-likeness (QED) is 0.555. The van der Waals surface area contributed by atoms with E-state index in [1.165, 1.54) is 53.1 Å². The molecule has 0 unspecified atom stereocenters. The van der Waals surface area contributed by atoms with Crippen LogP contribution in [-0.4, -0.2) is 25.7 Å². The Labute approximate surface area is 183 Å². The molecule has 4 rings (SSSR count). The molecule has 0 aromatic heterocycles. The van der Waals surface area contributed by atoms with Crippen LogP contribution >= 0.6 is 11.8 Å². The van der Waals surface area contributed by atoms with E-state index >= 15 is 0 Å². The molecule has 0 saturated carbocycles. The Morgan fingerprint density at radius 1 is 0.935 bits per heavy atom. The van der Waals surface area contributed by atoms with E-state index in [1.807, 2.05) is 18.4 Å². The van der Waals surface area contributed by atoms with Crippen LogP contribution in [0.4, 0.5) is 10.1 Å². The van der Waals surface area contributed by atoms with Gasteiger partial charge in [0.2, 0.25) is 9.84 Å². The van der Waals surface area contributed by atoms with Crippen molar-refractivity contribution in [1.29, 1.82) is 0 Å². The van der Waals surface area contributed by atoms with Crippen molar-refractivity contribution in [3.8, 4) is 0 Å². The van der Waals surface area contributed by atoms with Crippen LogP contribution in [-0.2, 0) is 14.6 Å². The monoisotopic (exact) mass is 455 g/mol. The van der Waals surface area contributed by atoms with Crippen LogP contribution < -0.4 is 4.90 Å². The Morgan fingerprint density at radius 2 is 1.55 bits per heavy atom. The Hall–Kier alpha value is -3.10. The molecule has 0 aliphatic carbocycles. The summed E-state index contributed by atoms with van der Waals surface area (Å²) in [7, 11) is -4.20. The van der Waals surface area contributed by atoms with Gasteiger partial charge in [-0.05, 0) is 60.4 Å². The van der Waals surface area contributed by atoms with Gasteiger partial charge in [0.15, 0.2) is 5.76 Å². The van der Waals surface area contributed by atoms with E-state index in [2.05, 4.69) is 0 Å². The lowest BCUT2D eigenvalue weighted by atomic mass is 10.1. The van der Waals surface area contributed by atoms with Crippen LogP contribution in [0.3, 0.4) is 0 Å². The van der Waals surface area contributed by atoms with Gasteiger partial charge >= 0.3 is 0 Å². The second-order valence-electron chi connectivity index (χ2n) is 6.86. The molecule has 8 heteroatoms. The van der Waals surface area contributed by atoms with Crippen molar-refractivity contribution in [1.82, 2.24) is 0 Å². The van der Waals surface area contributed by atoms with Crippen molar-refractivity contribution in [2.24, 2.45) is 0 Å². The number of carbonyl (C=O) groups excluding carboxylic acids is 1. The summed E-state index contributed by atoms with van der Waals surface area (Å²) in [5, 5.41) is 10.7. The number of rotatable bonds is 5. The number of nitrogens with zero attached hydrogens (tertiary/aromatic N) is 1. The number of benzene rings is 3. The highest BCUT2D eigenvalue weighted by atomic mass is 32.2. The van der Waals surface area contributed by atoms with Gasteiger partial charge in [-0.3, -0.25) is 9.69 Å². The van der Waals surface area contributed by atoms with Crippen LogP contribution in [0.15, 0.2) is 99.3 Å². The molecule has 0 saturated heterocycles. The first-order valence-corrected chi connectivity index (χ1v) is 12.0. The molecule has 0 bridgehead atoms. The van der Waals surface area contributed by atoms with Gasteiger partial charge in [0.25, 0.3) is 5.91 Å². The summed E-state index contributed by atoms with van der Waals surface area (Å²) in [5.74, 6) is -2.20. The molecule has 0 radical (unpaired) electrons. The second kappa shape index (κ2) is 8.20. The number of hydrogen-bond acceptors (Lipinski definition) is 5. The van der Waals surface area contributed by atoms with E-state index in [0.717, 1.165) is 4.90 Å². The highest BCUT2D eigenvalue weighted by molar-refractivity contribution is 7.98. The maximum Gasteiger partial charge on any atom is 0.295 e. The zero-order valence-electron chi connectivity index (χ0n) is 16.4. The van der Waals surface area contributed by atoms with Gasteiger partial charge < -0.3 is 5.11 Å². The van der Waals surface area contributed by atoms with Crippen LogP contribution in [0.2, 0.25) is 0 Å². The summed E-state index contributed by atoms with van der Waals surface area (Å²) in [6.45, 7) is 0. The normalized spacial score (nSPS) is 16.8. The zero-order chi connectivity index (χ0) is 22.2. The average Bonchev–Trinajstić information content (AvgIpc) is 3.06. The first kappa shape index (κ1) is 21.1. The third kappa shape index (κ3) is 3.73. The standard InChI is InChI=1S/C23H18FNO4S2/c1-30-18-13-7-15(8-14-18)20-22(31(28,29)19-5-3-2-4-6-19)21(26)23(27)25(20)17-11-9-16(24)10-12-17/h2-14,20,26H,1H3/t20-/m1/s1. The first-order chi connectivity index (χ1) is 14.8. The summed E-state index contributed by atoms with van der Waals surface area (Å²) in [6.07, 6.45) is 1.91. The molecular weight excluding hydrogens is 437 g/mol. The molecular formula is C23H18FNO4S2. The minimum atomic E-state index is -4.20. The molecule has 3 aromatic carbocycles. The summed E-state index contributed by atoms with van der Waals surface area (Å²) in [4.78, 5) is 14.8. The van der Waals surface area contributed by atoms with Gasteiger partial charge in [0.1, 0.15) is 16.8 Å². The SMILES string of the molecule is CSc1ccc([C@@H]2C(S(=O)(=O)c3ccccc3)=C(O)C(=O)N2c2ccc(F)cc2)cc1. The number of halogens is 1. The van der Waals surface area contributed by atoms with Crippen LogP contribution in [0.25, 0.3) is 0 Å². The van der Waals surface area contributed by atoms with Crippen LogP contribution in [0, 0.1) is 5.82 Å². The molecule has 5 nitrogen and oxygen atoms in total. The van der Waals surface area contributed by atoms with Crippen molar-refractivity contribution >= 4 is 33.2 Å². The van der Waals surface area contributed by atoms with E-state index in [4.69, 9.17) is 0 Å². The fourth-order valence-electron chi connectivity index (χ4n) is 3.54. The van der Waals surface area contributed by atoms with Crippen LogP contribution in [0.5, 0.6) is 0 Å². The summed E-state index contributed by atoms with van der Waals surface area (Å²) in [6, 6.07) is 18.7. The lowest BCUT2D eigenvalue weighted by Crippen LogP contribution is -2.31. The van der Waals surface area contributed by atoms with E-state index in [-0.39, 0.29) is 10.6 Å². The van der Waals surface area contributed by atoms with Gasteiger partial charge in [-0.15, -0.1) is 11.8 Å². The predicted molar refractivity (Wildman–Crippen MR) is 118 cm³/mol. The van der Waals surface area contributed by atoms with Gasteiger partial charge in [-0.1, -0.05) is 30.3 Å². The molecule has 1 aliphatic rings. The molecule has 31 heavy (non-hydrogen) atoms. The van der Waals surface area contributed by atoms with Gasteiger partial charge in [-0.2, -0.15) is 0 Å². The molecule has 158 valence electrons. The molecule has 1 N–H and O–H groups in total. The Morgan fingerprint density at radius 3 is 2.13 bits per heavy atom. The fourth-order valence-corrected chi connectivity index (χ4v) is 5.59. The second-order valence-corrected chi connectivity index (χ2v) is 9.65. The van der Waals surface area contributed by atoms with E-state index < -0.39 is 38.3 Å². The Bertz CT molecular complexity index is 1260. The van der Waals surface area contributed by atoms with Crippen molar-refractivity contribution in [2.45, 2.75) is 15.8 Å². The van der Waals surface area contributed by atoms with E-state index in [1.54, 1.807) is 30.3 Å². The number of sulfone groups is 1. The smallest absolute Gasteiger partial charge is 0.295 e. The van der Waals surface area contributed by atoms with Gasteiger partial charge in [0.05, 0.1) is 4.90 Å². The Kier molecular flexibility index (Phi) is 5.60. The Balaban J connectivity index is 1.93. The molecule has 3 aromatic rings. The highest BCUT2D eigenvalue weighted by Crippen LogP contribution is 2.44. The van der Waals surface area contributed by atoms with E-state index in [9.17, 15) is 22.7 Å². The topological polar surface area (TPSA) is 74.7 Å². The number of aliphatic hydroxyl groups excluding tert-OH is 1. The summed E-state index contributed by atoms with van der Waals surface area (Å²) in [5.41, 5.74) is 0.782. The predicted octanol–water partition coefficient (Wildman–Crippen LogP) is 4.88. The maximum atomic E-state index is 13.5. The number of hydrogen-bond donors (Lipinski definition) is 1. The fraction of sp³-hybridized carbons (Fsp3) is 0.0870. The van der Waals surface area contributed by atoms with E-state index in [0.29, 0.717) is 5.56 Å². The number of anilines is 1. The van der Waals surface area contributed by atoms with Crippen molar-refractivity contribution in [3.63, 3.8) is 0 Å². The van der Waals surface area contributed by atoms with Crippen molar-refractivity contribution in [2.75, 3.05) is 11.2 Å². The molecule has 1 heterocycles. The largest absolute Gasteiger partial charge is 0.502 e. The molecule has 0 spiro atoms. The molecule has 1 atom stereocenters. The number of amides is 1. The molecule has 1 aliphatic heterocycles. The highest BCUT2D eigenvalue weighted by Gasteiger charge is 2.47. The lowest BCUT2D eigenvalue weighted by Gasteiger charge is -2.27. The molecule has 0 fully saturated rings. The average molecular weight is 456 g/mol.